The molecule has 0 aromatic heterocycles. The van der Waals surface area contributed by atoms with E-state index in [1.54, 1.807) is 72.8 Å². The quantitative estimate of drug-likeness (QED) is 0.185. The highest BCUT2D eigenvalue weighted by atomic mass is 31.2. The van der Waals surface area contributed by atoms with Gasteiger partial charge < -0.3 is 18.1 Å². The fraction of sp³-hybridized carbons (Fsp3) is 0. The minimum absolute atomic E-state index is 0.378. The molecule has 0 heterocycles. The van der Waals surface area contributed by atoms with E-state index in [1.165, 1.54) is 11.6 Å². The molecule has 4 aromatic rings. The standard InChI is InChI=1S/C28H24O6P2/c1-3-35(29,31-25-11-7-5-8-12-25)33-27-19-15-23(16-20-27)24-17-21-28(22-18-24)34-36(30,4-2)32-26-13-9-6-10-14-26/h3-22H,1-2H2. The summed E-state index contributed by atoms with van der Waals surface area (Å²) in [6.07, 6.45) is 0. The highest BCUT2D eigenvalue weighted by Crippen LogP contribution is 2.50. The summed E-state index contributed by atoms with van der Waals surface area (Å²) in [6, 6.07) is 31.7. The topological polar surface area (TPSA) is 71.1 Å². The summed E-state index contributed by atoms with van der Waals surface area (Å²) in [5.41, 5.74) is 1.78. The summed E-state index contributed by atoms with van der Waals surface area (Å²) >= 11 is 0. The number of benzene rings is 4. The van der Waals surface area contributed by atoms with Crippen LogP contribution in [0, 0.1) is 0 Å². The molecule has 0 amide bonds. The van der Waals surface area contributed by atoms with Crippen LogP contribution in [0.4, 0.5) is 0 Å². The van der Waals surface area contributed by atoms with Gasteiger partial charge in [-0.25, -0.2) is 9.13 Å². The summed E-state index contributed by atoms with van der Waals surface area (Å²) in [4.78, 5) is 0. The van der Waals surface area contributed by atoms with Crippen molar-refractivity contribution in [2.24, 2.45) is 0 Å². The Hall–Kier alpha value is -3.98. The molecule has 0 radical (unpaired) electrons. The maximum atomic E-state index is 13.0. The molecule has 4 rings (SSSR count). The van der Waals surface area contributed by atoms with Crippen LogP contribution in [-0.4, -0.2) is 0 Å². The van der Waals surface area contributed by atoms with Gasteiger partial charge in [0.25, 0.3) is 0 Å². The minimum atomic E-state index is -3.59. The van der Waals surface area contributed by atoms with Crippen molar-refractivity contribution in [2.75, 3.05) is 0 Å². The zero-order valence-electron chi connectivity index (χ0n) is 19.3. The van der Waals surface area contributed by atoms with E-state index in [0.29, 0.717) is 23.0 Å². The van der Waals surface area contributed by atoms with Gasteiger partial charge in [0.2, 0.25) is 0 Å². The number of rotatable bonds is 11. The van der Waals surface area contributed by atoms with Crippen LogP contribution in [0.5, 0.6) is 23.0 Å². The number of hydrogen-bond acceptors (Lipinski definition) is 6. The third-order valence-electron chi connectivity index (χ3n) is 4.91. The predicted octanol–water partition coefficient (Wildman–Crippen LogP) is 8.94. The van der Waals surface area contributed by atoms with E-state index in [4.69, 9.17) is 18.1 Å². The van der Waals surface area contributed by atoms with Crippen molar-refractivity contribution < 1.29 is 27.2 Å². The maximum Gasteiger partial charge on any atom is 0.455 e. The Labute approximate surface area is 210 Å². The van der Waals surface area contributed by atoms with Gasteiger partial charge in [-0.3, -0.25) is 0 Å². The largest absolute Gasteiger partial charge is 0.455 e. The van der Waals surface area contributed by atoms with Crippen molar-refractivity contribution in [1.29, 1.82) is 0 Å². The van der Waals surface area contributed by atoms with Crippen LogP contribution in [0.1, 0.15) is 0 Å². The van der Waals surface area contributed by atoms with Gasteiger partial charge in [-0.1, -0.05) is 73.8 Å². The van der Waals surface area contributed by atoms with Gasteiger partial charge in [0.05, 0.1) is 0 Å². The average Bonchev–Trinajstić information content (AvgIpc) is 2.91. The monoisotopic (exact) mass is 518 g/mol. The Morgan fingerprint density at radius 1 is 0.444 bits per heavy atom. The lowest BCUT2D eigenvalue weighted by molar-refractivity contribution is 0.396. The molecule has 2 atom stereocenters. The molecule has 0 N–H and O–H groups in total. The molecule has 0 aliphatic heterocycles. The summed E-state index contributed by atoms with van der Waals surface area (Å²) in [5.74, 6) is 3.96. The predicted molar refractivity (Wildman–Crippen MR) is 143 cm³/mol. The normalized spacial score (nSPS) is 13.9. The van der Waals surface area contributed by atoms with E-state index in [9.17, 15) is 9.13 Å². The highest BCUT2D eigenvalue weighted by molar-refractivity contribution is 7.58. The summed E-state index contributed by atoms with van der Waals surface area (Å²) < 4.78 is 48.2. The lowest BCUT2D eigenvalue weighted by atomic mass is 10.1. The smallest absolute Gasteiger partial charge is 0.413 e. The number of hydrogen-bond donors (Lipinski definition) is 0. The van der Waals surface area contributed by atoms with Crippen LogP contribution < -0.4 is 18.1 Å². The van der Waals surface area contributed by atoms with Crippen molar-refractivity contribution in [3.63, 3.8) is 0 Å². The fourth-order valence-electron chi connectivity index (χ4n) is 3.15. The zero-order valence-corrected chi connectivity index (χ0v) is 21.1. The van der Waals surface area contributed by atoms with Crippen molar-refractivity contribution >= 4 is 15.2 Å². The van der Waals surface area contributed by atoms with Crippen LogP contribution in [0.15, 0.2) is 134 Å². The molecule has 0 saturated heterocycles. The first-order chi connectivity index (χ1) is 17.4. The molecule has 4 aromatic carbocycles. The van der Waals surface area contributed by atoms with Crippen molar-refractivity contribution in [2.45, 2.75) is 0 Å². The van der Waals surface area contributed by atoms with Crippen LogP contribution in [0.2, 0.25) is 0 Å². The zero-order chi connectivity index (χ0) is 25.4. The molecule has 0 bridgehead atoms. The third-order valence-corrected chi connectivity index (χ3v) is 7.66. The average molecular weight is 518 g/mol. The van der Waals surface area contributed by atoms with Gasteiger partial charge in [0.15, 0.2) is 0 Å². The van der Waals surface area contributed by atoms with Crippen LogP contribution in [0.25, 0.3) is 11.1 Å². The van der Waals surface area contributed by atoms with E-state index in [1.807, 2.05) is 36.4 Å². The Morgan fingerprint density at radius 2 is 0.722 bits per heavy atom. The molecule has 0 fully saturated rings. The van der Waals surface area contributed by atoms with Gasteiger partial charge in [-0.15, -0.1) is 0 Å². The molecule has 0 aliphatic rings. The van der Waals surface area contributed by atoms with Crippen molar-refractivity contribution in [1.82, 2.24) is 0 Å². The summed E-state index contributed by atoms with van der Waals surface area (Å²) in [7, 11) is -7.17. The van der Waals surface area contributed by atoms with E-state index in [0.717, 1.165) is 11.1 Å². The molecule has 2 unspecified atom stereocenters. The first-order valence-electron chi connectivity index (χ1n) is 11.0. The van der Waals surface area contributed by atoms with Crippen LogP contribution in [-0.2, 0) is 9.13 Å². The Bertz CT molecular complexity index is 1290. The molecule has 36 heavy (non-hydrogen) atoms. The second-order valence-corrected chi connectivity index (χ2v) is 11.1. The molecule has 0 aliphatic carbocycles. The summed E-state index contributed by atoms with van der Waals surface area (Å²) in [5, 5.41) is 0. The van der Waals surface area contributed by atoms with E-state index < -0.39 is 15.2 Å². The van der Waals surface area contributed by atoms with E-state index >= 15 is 0 Å². The molecular formula is C28H24O6P2. The lowest BCUT2D eigenvalue weighted by Gasteiger charge is -2.17. The van der Waals surface area contributed by atoms with Gasteiger partial charge in [-0.05, 0) is 59.7 Å². The highest BCUT2D eigenvalue weighted by Gasteiger charge is 2.24. The maximum absolute atomic E-state index is 13.0. The summed E-state index contributed by atoms with van der Waals surface area (Å²) in [6.45, 7) is 7.19. The lowest BCUT2D eigenvalue weighted by Crippen LogP contribution is -1.98. The Morgan fingerprint density at radius 3 is 1.00 bits per heavy atom. The molecule has 8 heteroatoms. The van der Waals surface area contributed by atoms with Crippen LogP contribution >= 0.6 is 15.2 Å². The fourth-order valence-corrected chi connectivity index (χ4v) is 5.19. The third kappa shape index (κ3) is 6.57. The molecule has 0 saturated carbocycles. The minimum Gasteiger partial charge on any atom is -0.413 e. The second kappa shape index (κ2) is 11.2. The molecular weight excluding hydrogens is 494 g/mol. The molecule has 182 valence electrons. The number of para-hydroxylation sites is 2. The van der Waals surface area contributed by atoms with Crippen molar-refractivity contribution in [3.8, 4) is 34.1 Å². The molecule has 0 spiro atoms. The van der Waals surface area contributed by atoms with Gasteiger partial charge in [-0.2, -0.15) is 0 Å². The first-order valence-corrected chi connectivity index (χ1v) is 14.2. The SMILES string of the molecule is C=CP(=O)(Oc1ccccc1)Oc1ccc(-c2ccc(OP(=O)(C=C)Oc3ccccc3)cc2)cc1. The van der Waals surface area contributed by atoms with Crippen LogP contribution in [0.3, 0.4) is 0 Å². The first kappa shape index (κ1) is 25.1. The Balaban J connectivity index is 1.42. The molecule has 6 nitrogen and oxygen atoms in total. The Kier molecular flexibility index (Phi) is 7.80. The van der Waals surface area contributed by atoms with Gasteiger partial charge in [0.1, 0.15) is 23.0 Å². The van der Waals surface area contributed by atoms with Crippen molar-refractivity contribution in [3.05, 3.63) is 134 Å². The van der Waals surface area contributed by atoms with Gasteiger partial charge >= 0.3 is 15.2 Å². The van der Waals surface area contributed by atoms with E-state index in [2.05, 4.69) is 13.2 Å². The van der Waals surface area contributed by atoms with E-state index in [-0.39, 0.29) is 0 Å². The van der Waals surface area contributed by atoms with Gasteiger partial charge in [0, 0.05) is 11.6 Å². The second-order valence-electron chi connectivity index (χ2n) is 7.48.